The summed E-state index contributed by atoms with van der Waals surface area (Å²) in [5, 5.41) is 0. The average Bonchev–Trinajstić information content (AvgIpc) is 2.01. The fourth-order valence-electron chi connectivity index (χ4n) is 1.19. The van der Waals surface area contributed by atoms with Crippen molar-refractivity contribution in [1.82, 2.24) is 0 Å². The highest BCUT2D eigenvalue weighted by Gasteiger charge is 1.96. The van der Waals surface area contributed by atoms with Crippen LogP contribution in [-0.2, 0) is 0 Å². The van der Waals surface area contributed by atoms with E-state index in [1.165, 1.54) is 19.3 Å². The van der Waals surface area contributed by atoms with E-state index in [9.17, 15) is 0 Å². The van der Waals surface area contributed by atoms with Gasteiger partial charge in [0.25, 0.3) is 0 Å². The highest BCUT2D eigenvalue weighted by molar-refractivity contribution is 4.98. The monoisotopic (exact) mass is 152 g/mol. The predicted octanol–water partition coefficient (Wildman–Crippen LogP) is 3.95. The summed E-state index contributed by atoms with van der Waals surface area (Å²) in [5.41, 5.74) is 0. The van der Waals surface area contributed by atoms with E-state index in [0.29, 0.717) is 5.92 Å². The Kier molecular flexibility index (Phi) is 7.23. The molecule has 0 N–H and O–H groups in total. The van der Waals surface area contributed by atoms with Crippen molar-refractivity contribution in [2.24, 2.45) is 5.92 Å². The van der Waals surface area contributed by atoms with Crippen LogP contribution in [0.3, 0.4) is 0 Å². The quantitative estimate of drug-likeness (QED) is 0.523. The van der Waals surface area contributed by atoms with E-state index >= 15 is 0 Å². The van der Waals surface area contributed by atoms with Crippen LogP contribution < -0.4 is 0 Å². The van der Waals surface area contributed by atoms with Gasteiger partial charge in [-0.2, -0.15) is 0 Å². The summed E-state index contributed by atoms with van der Waals surface area (Å²) in [7, 11) is 0. The summed E-state index contributed by atoms with van der Waals surface area (Å²) in [6, 6.07) is 0. The SMILES string of the molecule is CC=CC(C=CC)CCCC. The summed E-state index contributed by atoms with van der Waals surface area (Å²) >= 11 is 0. The van der Waals surface area contributed by atoms with Crippen LogP contribution in [0.4, 0.5) is 0 Å². The second kappa shape index (κ2) is 7.59. The maximum Gasteiger partial charge on any atom is -0.00537 e. The Hall–Kier alpha value is -0.520. The second-order valence-corrected chi connectivity index (χ2v) is 2.86. The van der Waals surface area contributed by atoms with Crippen molar-refractivity contribution in [3.63, 3.8) is 0 Å². The lowest BCUT2D eigenvalue weighted by Gasteiger charge is -2.04. The van der Waals surface area contributed by atoms with Gasteiger partial charge in [-0.25, -0.2) is 0 Å². The first kappa shape index (κ1) is 10.5. The first-order valence-corrected chi connectivity index (χ1v) is 4.60. The first-order chi connectivity index (χ1) is 5.35. The highest BCUT2D eigenvalue weighted by Crippen LogP contribution is 2.11. The van der Waals surface area contributed by atoms with Gasteiger partial charge in [0.15, 0.2) is 0 Å². The molecule has 0 radical (unpaired) electrons. The van der Waals surface area contributed by atoms with Crippen LogP contribution in [0.1, 0.15) is 40.0 Å². The van der Waals surface area contributed by atoms with Crippen molar-refractivity contribution in [2.75, 3.05) is 0 Å². The van der Waals surface area contributed by atoms with Gasteiger partial charge in [0.05, 0.1) is 0 Å². The van der Waals surface area contributed by atoms with E-state index < -0.39 is 0 Å². The Bertz CT molecular complexity index is 108. The van der Waals surface area contributed by atoms with Crippen molar-refractivity contribution < 1.29 is 0 Å². The number of hydrogen-bond acceptors (Lipinski definition) is 0. The molecule has 0 spiro atoms. The van der Waals surface area contributed by atoms with E-state index in [4.69, 9.17) is 0 Å². The number of rotatable bonds is 5. The molecule has 0 saturated heterocycles. The van der Waals surface area contributed by atoms with Crippen molar-refractivity contribution in [3.05, 3.63) is 24.3 Å². The molecule has 0 amide bonds. The largest absolute Gasteiger partial charge is 0.0911 e. The van der Waals surface area contributed by atoms with Gasteiger partial charge in [0.2, 0.25) is 0 Å². The number of unbranched alkanes of at least 4 members (excludes halogenated alkanes) is 1. The lowest BCUT2D eigenvalue weighted by Crippen LogP contribution is -1.90. The van der Waals surface area contributed by atoms with E-state index in [0.717, 1.165) is 0 Å². The van der Waals surface area contributed by atoms with E-state index in [2.05, 4.69) is 45.1 Å². The van der Waals surface area contributed by atoms with Crippen molar-refractivity contribution in [1.29, 1.82) is 0 Å². The maximum absolute atomic E-state index is 2.27. The third-order valence-electron chi connectivity index (χ3n) is 1.77. The normalized spacial score (nSPS) is 14.8. The zero-order valence-electron chi connectivity index (χ0n) is 8.01. The zero-order chi connectivity index (χ0) is 8.53. The predicted molar refractivity (Wildman–Crippen MR) is 52.6 cm³/mol. The summed E-state index contributed by atoms with van der Waals surface area (Å²) in [6.45, 7) is 6.41. The molecule has 0 aliphatic carbocycles. The third-order valence-corrected chi connectivity index (χ3v) is 1.77. The highest BCUT2D eigenvalue weighted by atomic mass is 14.0. The molecule has 0 nitrogen and oxygen atoms in total. The lowest BCUT2D eigenvalue weighted by atomic mass is 10.0. The molecule has 11 heavy (non-hydrogen) atoms. The minimum atomic E-state index is 0.671. The Labute approximate surface area is 71.0 Å². The minimum Gasteiger partial charge on any atom is -0.0911 e. The average molecular weight is 152 g/mol. The van der Waals surface area contributed by atoms with Gasteiger partial charge in [-0.3, -0.25) is 0 Å². The molecular formula is C11H20. The van der Waals surface area contributed by atoms with Gasteiger partial charge in [0, 0.05) is 0 Å². The minimum absolute atomic E-state index is 0.671. The van der Waals surface area contributed by atoms with Crippen molar-refractivity contribution >= 4 is 0 Å². The van der Waals surface area contributed by atoms with Crippen LogP contribution in [0.15, 0.2) is 24.3 Å². The smallest absolute Gasteiger partial charge is 0.00537 e. The molecule has 0 atom stereocenters. The molecule has 64 valence electrons. The summed E-state index contributed by atoms with van der Waals surface area (Å²) < 4.78 is 0. The summed E-state index contributed by atoms with van der Waals surface area (Å²) in [6.07, 6.45) is 12.8. The lowest BCUT2D eigenvalue weighted by molar-refractivity contribution is 0.641. The van der Waals surface area contributed by atoms with Gasteiger partial charge >= 0.3 is 0 Å². The second-order valence-electron chi connectivity index (χ2n) is 2.86. The molecule has 0 fully saturated rings. The molecule has 0 aliphatic heterocycles. The zero-order valence-corrected chi connectivity index (χ0v) is 8.01. The van der Waals surface area contributed by atoms with E-state index in [-0.39, 0.29) is 0 Å². The van der Waals surface area contributed by atoms with Gasteiger partial charge in [-0.05, 0) is 26.2 Å². The molecule has 0 saturated carbocycles. The molecule has 0 rings (SSSR count). The van der Waals surface area contributed by atoms with Gasteiger partial charge < -0.3 is 0 Å². The molecule has 0 aromatic carbocycles. The van der Waals surface area contributed by atoms with E-state index in [1.54, 1.807) is 0 Å². The molecule has 0 aromatic rings. The van der Waals surface area contributed by atoms with Gasteiger partial charge in [-0.15, -0.1) is 0 Å². The standard InChI is InChI=1S/C11H20/c1-4-7-10-11(8-5-2)9-6-3/h5-6,8-9,11H,4,7,10H2,1-3H3. The molecular weight excluding hydrogens is 132 g/mol. The summed E-state index contributed by atoms with van der Waals surface area (Å²) in [4.78, 5) is 0. The Morgan fingerprint density at radius 1 is 1.09 bits per heavy atom. The molecule has 0 bridgehead atoms. The molecule has 0 unspecified atom stereocenters. The molecule has 0 aliphatic rings. The Morgan fingerprint density at radius 2 is 1.64 bits per heavy atom. The topological polar surface area (TPSA) is 0 Å². The fourth-order valence-corrected chi connectivity index (χ4v) is 1.19. The Morgan fingerprint density at radius 3 is 2.00 bits per heavy atom. The van der Waals surface area contributed by atoms with Crippen LogP contribution in [0.2, 0.25) is 0 Å². The van der Waals surface area contributed by atoms with Crippen LogP contribution in [0.25, 0.3) is 0 Å². The first-order valence-electron chi connectivity index (χ1n) is 4.60. The summed E-state index contributed by atoms with van der Waals surface area (Å²) in [5.74, 6) is 0.671. The van der Waals surface area contributed by atoms with E-state index in [1.807, 2.05) is 0 Å². The van der Waals surface area contributed by atoms with Crippen LogP contribution in [-0.4, -0.2) is 0 Å². The van der Waals surface area contributed by atoms with Gasteiger partial charge in [0.1, 0.15) is 0 Å². The van der Waals surface area contributed by atoms with Crippen molar-refractivity contribution in [2.45, 2.75) is 40.0 Å². The molecule has 0 heteroatoms. The number of allylic oxidation sites excluding steroid dienone is 4. The molecule has 0 heterocycles. The third kappa shape index (κ3) is 5.90. The maximum atomic E-state index is 2.27. The Balaban J connectivity index is 3.69. The van der Waals surface area contributed by atoms with Crippen LogP contribution in [0.5, 0.6) is 0 Å². The van der Waals surface area contributed by atoms with Crippen LogP contribution >= 0.6 is 0 Å². The fraction of sp³-hybridized carbons (Fsp3) is 0.636. The van der Waals surface area contributed by atoms with Gasteiger partial charge in [-0.1, -0.05) is 44.1 Å². The number of hydrogen-bond donors (Lipinski definition) is 0. The molecule has 0 aromatic heterocycles. The van der Waals surface area contributed by atoms with Crippen LogP contribution in [0, 0.1) is 5.92 Å². The van der Waals surface area contributed by atoms with Crippen molar-refractivity contribution in [3.8, 4) is 0 Å².